The monoisotopic (exact) mass is 636 g/mol. The molecule has 38 heavy (non-hydrogen) atoms. The van der Waals surface area contributed by atoms with Gasteiger partial charge in [-0.3, -0.25) is 0 Å². The van der Waals surface area contributed by atoms with Crippen LogP contribution in [0, 0.1) is 0 Å². The van der Waals surface area contributed by atoms with Crippen LogP contribution in [0.4, 0.5) is 17.3 Å². The van der Waals surface area contributed by atoms with Crippen molar-refractivity contribution in [2.75, 3.05) is 17.8 Å². The van der Waals surface area contributed by atoms with E-state index in [1.54, 1.807) is 8.42 Å². The van der Waals surface area contributed by atoms with Gasteiger partial charge in [-0.2, -0.15) is 0 Å². The van der Waals surface area contributed by atoms with Crippen molar-refractivity contribution in [1.29, 1.82) is 0 Å². The third-order valence-corrected chi connectivity index (χ3v) is 13.2. The molecule has 1 heterocycles. The van der Waals surface area contributed by atoms with E-state index in [-0.39, 0.29) is 0 Å². The quantitative estimate of drug-likeness (QED) is 0.0345. The van der Waals surface area contributed by atoms with Crippen molar-refractivity contribution in [3.8, 4) is 0 Å². The van der Waals surface area contributed by atoms with E-state index in [0.29, 0.717) is 0 Å². The molecule has 1 aromatic rings. The smallest absolute Gasteiger partial charge is 0.418 e. The predicted molar refractivity (Wildman–Crippen MR) is 174 cm³/mol. The van der Waals surface area contributed by atoms with Gasteiger partial charge in [-0.15, -0.1) is 0 Å². The molecule has 0 N–H and O–H groups in total. The lowest BCUT2D eigenvalue weighted by Crippen LogP contribution is -2.02. The van der Waals surface area contributed by atoms with Gasteiger partial charge in [0.25, 0.3) is 0 Å². The summed E-state index contributed by atoms with van der Waals surface area (Å²) in [6.45, 7) is 4.61. The van der Waals surface area contributed by atoms with Crippen molar-refractivity contribution in [2.45, 2.75) is 154 Å². The average molecular weight is 637 g/mol. The van der Waals surface area contributed by atoms with Crippen molar-refractivity contribution in [2.24, 2.45) is 0 Å². The molecule has 1 aromatic heterocycles. The van der Waals surface area contributed by atoms with Crippen molar-refractivity contribution >= 4 is 65.2 Å². The Balaban J connectivity index is 0.00000249. The maximum atomic E-state index is 9.75. The van der Waals surface area contributed by atoms with Crippen LogP contribution < -0.4 is 0 Å². The number of unbranched alkanes of at least 4 members (excludes halogenated alkanes) is 18. The summed E-state index contributed by atoms with van der Waals surface area (Å²) in [6, 6.07) is 0. The second kappa shape index (κ2) is 28.0. The molecule has 0 aliphatic rings. The van der Waals surface area contributed by atoms with Crippen LogP contribution in [0.1, 0.15) is 142 Å². The third-order valence-electron chi connectivity index (χ3n) is 6.15. The van der Waals surface area contributed by atoms with Gasteiger partial charge in [0.05, 0.1) is 0 Å². The Kier molecular flexibility index (Phi) is 28.7. The fraction of sp³-hybridized carbons (Fsp3) is 0.893. The van der Waals surface area contributed by atoms with Gasteiger partial charge in [-0.25, -0.2) is 0 Å². The molecule has 0 aliphatic heterocycles. The molecular weight excluding hydrogens is 583 g/mol. The minimum Gasteiger partial charge on any atom is -0.418 e. The molecule has 0 aromatic carbocycles. The van der Waals surface area contributed by atoms with Crippen LogP contribution >= 0.6 is 58.0 Å². The highest BCUT2D eigenvalue weighted by molar-refractivity contribution is 8.07. The first-order valence-corrected chi connectivity index (χ1v) is 19.8. The minimum atomic E-state index is -6.00. The van der Waals surface area contributed by atoms with Gasteiger partial charge in [0, 0.05) is 11.5 Å². The van der Waals surface area contributed by atoms with Gasteiger partial charge in [0.15, 0.2) is 0 Å². The van der Waals surface area contributed by atoms with Gasteiger partial charge in [0.1, 0.15) is 22.7 Å². The topological polar surface area (TPSA) is 0 Å². The zero-order valence-electron chi connectivity index (χ0n) is 24.2. The van der Waals surface area contributed by atoms with Crippen molar-refractivity contribution in [3.05, 3.63) is 0 Å². The van der Waals surface area contributed by atoms with E-state index in [0.717, 1.165) is 0 Å². The number of rotatable bonds is 25. The maximum Gasteiger partial charge on any atom is 0.673 e. The fourth-order valence-corrected chi connectivity index (χ4v) is 10.9. The molecule has 0 amide bonds. The van der Waals surface area contributed by atoms with E-state index in [4.69, 9.17) is 0 Å². The average Bonchev–Trinajstić information content (AvgIpc) is 3.27. The second-order valence-electron chi connectivity index (χ2n) is 9.79. The summed E-state index contributed by atoms with van der Waals surface area (Å²) in [6.07, 6.45) is 30.9. The van der Waals surface area contributed by atoms with Crippen LogP contribution in [0.25, 0.3) is 0 Å². The SMILES string of the molecule is CCCCCCCCCCCCSc1sc(SC)[s+]c1SCCCCCCCCCCCC.F[B-](F)(F)F. The van der Waals surface area contributed by atoms with Crippen molar-refractivity contribution in [1.82, 2.24) is 0 Å². The fourth-order valence-electron chi connectivity index (χ4n) is 4.02. The molecule has 0 atom stereocenters. The lowest BCUT2D eigenvalue weighted by Gasteiger charge is -2.02. The Labute approximate surface area is 253 Å². The molecule has 0 saturated carbocycles. The lowest BCUT2D eigenvalue weighted by atomic mass is 10.1. The van der Waals surface area contributed by atoms with Crippen LogP contribution in [0.2, 0.25) is 0 Å². The highest BCUT2D eigenvalue weighted by Gasteiger charge is 2.23. The predicted octanol–water partition coefficient (Wildman–Crippen LogP) is 14.1. The highest BCUT2D eigenvalue weighted by Crippen LogP contribution is 2.46. The zero-order chi connectivity index (χ0) is 28.3. The highest BCUT2D eigenvalue weighted by atomic mass is 32.2. The number of hydrogen-bond donors (Lipinski definition) is 0. The van der Waals surface area contributed by atoms with Crippen LogP contribution in [-0.4, -0.2) is 25.0 Å². The van der Waals surface area contributed by atoms with Gasteiger partial charge < -0.3 is 17.3 Å². The minimum absolute atomic E-state index is 1.31. The van der Waals surface area contributed by atoms with Gasteiger partial charge >= 0.3 is 10.8 Å². The number of halogens is 4. The third kappa shape index (κ3) is 28.4. The van der Waals surface area contributed by atoms with E-state index < -0.39 is 7.25 Å². The molecule has 0 saturated heterocycles. The van der Waals surface area contributed by atoms with E-state index in [2.05, 4.69) is 43.6 Å². The standard InChI is InChI=1S/C28H53S5.BF4/c1-4-6-8-10-12-14-16-18-20-22-24-30-26-27(33-28(29-3)32-26)31-25-23-21-19-17-15-13-11-9-7-5-2;2-1(3,4)5/h4-25H2,1-3H3;/q+1;-1. The summed E-state index contributed by atoms with van der Waals surface area (Å²) in [5.74, 6) is 2.62. The second-order valence-corrected chi connectivity index (χ2v) is 16.1. The molecule has 0 bridgehead atoms. The first kappa shape index (κ1) is 38.9. The summed E-state index contributed by atoms with van der Waals surface area (Å²) < 4.78 is 43.8. The first-order valence-electron chi connectivity index (χ1n) is 15.0. The Bertz CT molecular complexity index is 579. The molecule has 226 valence electrons. The summed E-state index contributed by atoms with van der Waals surface area (Å²) in [4.78, 5) is 0. The first-order chi connectivity index (χ1) is 18.3. The van der Waals surface area contributed by atoms with E-state index >= 15 is 0 Å². The van der Waals surface area contributed by atoms with E-state index in [1.807, 2.05) is 34.4 Å². The van der Waals surface area contributed by atoms with Crippen LogP contribution in [0.3, 0.4) is 0 Å². The largest absolute Gasteiger partial charge is 0.673 e. The van der Waals surface area contributed by atoms with Gasteiger partial charge in [-0.1, -0.05) is 165 Å². The van der Waals surface area contributed by atoms with E-state index in [1.165, 1.54) is 143 Å². The summed E-state index contributed by atoms with van der Waals surface area (Å²) >= 11 is 10.3. The summed E-state index contributed by atoms with van der Waals surface area (Å²) in [5, 5.41) is 0. The van der Waals surface area contributed by atoms with E-state index in [9.17, 15) is 17.3 Å². The molecule has 0 radical (unpaired) electrons. The Morgan fingerprint density at radius 2 is 0.921 bits per heavy atom. The molecule has 0 fully saturated rings. The lowest BCUT2D eigenvalue weighted by molar-refractivity contribution is 0.368. The van der Waals surface area contributed by atoms with Crippen LogP contribution in [0.5, 0.6) is 0 Å². The maximum absolute atomic E-state index is 9.75. The van der Waals surface area contributed by atoms with Crippen LogP contribution in [-0.2, 0) is 0 Å². The van der Waals surface area contributed by atoms with Crippen molar-refractivity contribution in [3.63, 3.8) is 0 Å². The Morgan fingerprint density at radius 3 is 1.29 bits per heavy atom. The van der Waals surface area contributed by atoms with Crippen LogP contribution in [0.15, 0.2) is 11.9 Å². The Hall–Kier alpha value is 0.885. The number of thioether (sulfide) groups is 3. The molecule has 0 spiro atoms. The summed E-state index contributed by atoms with van der Waals surface area (Å²) in [7, 11) is -6.00. The molecule has 1 rings (SSSR count). The number of hydrogen-bond acceptors (Lipinski definition) is 4. The molecule has 10 heteroatoms. The normalized spacial score (nSPS) is 11.6. The molecule has 0 aliphatic carbocycles. The zero-order valence-corrected chi connectivity index (χ0v) is 28.3. The van der Waals surface area contributed by atoms with Gasteiger partial charge in [-0.05, 0) is 19.1 Å². The molecular formula is C28H53BF4S5. The summed E-state index contributed by atoms with van der Waals surface area (Å²) in [5.41, 5.74) is 0. The Morgan fingerprint density at radius 1 is 0.579 bits per heavy atom. The molecule has 0 nitrogen and oxygen atoms in total. The van der Waals surface area contributed by atoms with Gasteiger partial charge in [0.2, 0.25) is 8.42 Å². The van der Waals surface area contributed by atoms with Crippen molar-refractivity contribution < 1.29 is 17.3 Å². The molecule has 0 unspecified atom stereocenters.